The van der Waals surface area contributed by atoms with Gasteiger partial charge >= 0.3 is 0 Å². The second-order valence-electron chi connectivity index (χ2n) is 7.99. The molecule has 0 saturated carbocycles. The number of aromatic nitrogens is 1. The van der Waals surface area contributed by atoms with Crippen molar-refractivity contribution in [2.24, 2.45) is 5.92 Å². The Morgan fingerprint density at radius 2 is 2.12 bits per heavy atom. The molecule has 2 heterocycles. The predicted octanol–water partition coefficient (Wildman–Crippen LogP) is 3.54. The first-order valence-corrected chi connectivity index (χ1v) is 10.9. The molecule has 1 aliphatic heterocycles. The van der Waals surface area contributed by atoms with E-state index < -0.39 is 4.92 Å². The third-order valence-electron chi connectivity index (χ3n) is 5.57. The summed E-state index contributed by atoms with van der Waals surface area (Å²) in [4.78, 5) is 42.5. The summed E-state index contributed by atoms with van der Waals surface area (Å²) in [5.41, 5.74) is 1.14. The maximum atomic E-state index is 13.1. The average molecular weight is 440 g/mol. The monoisotopic (exact) mass is 439 g/mol. The fourth-order valence-corrected chi connectivity index (χ4v) is 3.83. The number of nitrogens with zero attached hydrogens (tertiary/aromatic N) is 3. The number of pyridine rings is 1. The fraction of sp³-hybridized carbons (Fsp3) is 0.435. The number of nitro groups is 1. The first-order valence-electron chi connectivity index (χ1n) is 10.9. The number of hydrogen-bond donors (Lipinski definition) is 2. The van der Waals surface area contributed by atoms with Crippen molar-refractivity contribution in [2.75, 3.05) is 25.0 Å². The quantitative estimate of drug-likeness (QED) is 0.480. The summed E-state index contributed by atoms with van der Waals surface area (Å²) < 4.78 is 0. The normalized spacial score (nSPS) is 16.8. The number of rotatable bonds is 8. The molecule has 1 fully saturated rings. The van der Waals surface area contributed by atoms with Gasteiger partial charge in [0.05, 0.1) is 22.6 Å². The second kappa shape index (κ2) is 10.7. The predicted molar refractivity (Wildman–Crippen MR) is 121 cm³/mol. The number of piperidine rings is 1. The first-order chi connectivity index (χ1) is 15.4. The molecule has 2 amide bonds. The van der Waals surface area contributed by atoms with Gasteiger partial charge in [-0.1, -0.05) is 13.0 Å². The number of nitrogens with one attached hydrogen (secondary N) is 2. The SMILES string of the molecule is CCCNC(=O)C1CCCN(C(=O)c2ccc(NC(C)c3ccccn3)c([N+](=O)[O-])c2)C1. The Balaban J connectivity index is 1.75. The van der Waals surface area contributed by atoms with E-state index in [1.807, 2.05) is 26.0 Å². The lowest BCUT2D eigenvalue weighted by Crippen LogP contribution is -2.45. The summed E-state index contributed by atoms with van der Waals surface area (Å²) in [5, 5.41) is 17.7. The number of benzene rings is 1. The first kappa shape index (κ1) is 23.2. The summed E-state index contributed by atoms with van der Waals surface area (Å²) >= 11 is 0. The Labute approximate surface area is 187 Å². The topological polar surface area (TPSA) is 117 Å². The minimum absolute atomic E-state index is 0.0432. The van der Waals surface area contributed by atoms with Crippen LogP contribution >= 0.6 is 0 Å². The van der Waals surface area contributed by atoms with E-state index in [1.54, 1.807) is 29.3 Å². The molecule has 0 radical (unpaired) electrons. The molecule has 1 aromatic carbocycles. The lowest BCUT2D eigenvalue weighted by atomic mass is 9.96. The molecule has 0 bridgehead atoms. The number of carbonyl (C=O) groups is 2. The van der Waals surface area contributed by atoms with Crippen molar-refractivity contribution in [2.45, 2.75) is 39.2 Å². The van der Waals surface area contributed by atoms with E-state index in [0.717, 1.165) is 25.0 Å². The Kier molecular flexibility index (Phi) is 7.75. The van der Waals surface area contributed by atoms with Gasteiger partial charge in [0.2, 0.25) is 5.91 Å². The minimum Gasteiger partial charge on any atom is -0.371 e. The van der Waals surface area contributed by atoms with Crippen LogP contribution < -0.4 is 10.6 Å². The number of amides is 2. The smallest absolute Gasteiger partial charge is 0.293 e. The van der Waals surface area contributed by atoms with Gasteiger partial charge in [-0.05, 0) is 50.5 Å². The third kappa shape index (κ3) is 5.60. The van der Waals surface area contributed by atoms with Gasteiger partial charge in [-0.15, -0.1) is 0 Å². The van der Waals surface area contributed by atoms with Crippen LogP contribution in [0.25, 0.3) is 0 Å². The Morgan fingerprint density at radius 3 is 2.81 bits per heavy atom. The molecule has 9 nitrogen and oxygen atoms in total. The highest BCUT2D eigenvalue weighted by Crippen LogP contribution is 2.30. The Bertz CT molecular complexity index is 966. The zero-order chi connectivity index (χ0) is 23.1. The van der Waals surface area contributed by atoms with Crippen LogP contribution in [0, 0.1) is 16.0 Å². The van der Waals surface area contributed by atoms with Gasteiger partial charge in [-0.3, -0.25) is 24.7 Å². The molecular formula is C23H29N5O4. The van der Waals surface area contributed by atoms with E-state index in [1.165, 1.54) is 6.07 Å². The van der Waals surface area contributed by atoms with Gasteiger partial charge in [0.15, 0.2) is 0 Å². The Morgan fingerprint density at radius 1 is 1.31 bits per heavy atom. The Hall–Kier alpha value is -3.49. The van der Waals surface area contributed by atoms with Crippen LogP contribution in [0.5, 0.6) is 0 Å². The molecular weight excluding hydrogens is 410 g/mol. The fourth-order valence-electron chi connectivity index (χ4n) is 3.83. The molecule has 0 spiro atoms. The summed E-state index contributed by atoms with van der Waals surface area (Å²) in [6.45, 7) is 5.31. The molecule has 1 aromatic heterocycles. The largest absolute Gasteiger partial charge is 0.371 e. The van der Waals surface area contributed by atoms with Crippen LogP contribution in [-0.4, -0.2) is 46.3 Å². The van der Waals surface area contributed by atoms with Crippen LogP contribution in [0.4, 0.5) is 11.4 Å². The summed E-state index contributed by atoms with van der Waals surface area (Å²) in [6.07, 6.45) is 3.97. The summed E-state index contributed by atoms with van der Waals surface area (Å²) in [7, 11) is 0. The molecule has 3 rings (SSSR count). The van der Waals surface area contributed by atoms with Crippen LogP contribution in [0.2, 0.25) is 0 Å². The lowest BCUT2D eigenvalue weighted by Gasteiger charge is -2.32. The summed E-state index contributed by atoms with van der Waals surface area (Å²) in [5.74, 6) is -0.599. The molecule has 1 aliphatic rings. The van der Waals surface area contributed by atoms with E-state index in [-0.39, 0.29) is 35.0 Å². The molecule has 2 atom stereocenters. The lowest BCUT2D eigenvalue weighted by molar-refractivity contribution is -0.384. The van der Waals surface area contributed by atoms with Crippen molar-refractivity contribution in [3.63, 3.8) is 0 Å². The minimum atomic E-state index is -0.499. The molecule has 2 unspecified atom stereocenters. The van der Waals surface area contributed by atoms with Crippen molar-refractivity contribution < 1.29 is 14.5 Å². The highest BCUT2D eigenvalue weighted by atomic mass is 16.6. The van der Waals surface area contributed by atoms with Crippen LogP contribution in [0.1, 0.15) is 55.2 Å². The molecule has 2 N–H and O–H groups in total. The van der Waals surface area contributed by atoms with Crippen LogP contribution in [0.3, 0.4) is 0 Å². The van der Waals surface area contributed by atoms with Gasteiger partial charge in [0, 0.05) is 37.5 Å². The molecule has 1 saturated heterocycles. The van der Waals surface area contributed by atoms with Crippen molar-refractivity contribution in [1.82, 2.24) is 15.2 Å². The van der Waals surface area contributed by atoms with E-state index in [2.05, 4.69) is 15.6 Å². The number of anilines is 1. The number of likely N-dealkylation sites (tertiary alicyclic amines) is 1. The second-order valence-corrected chi connectivity index (χ2v) is 7.99. The molecule has 170 valence electrons. The van der Waals surface area contributed by atoms with E-state index in [4.69, 9.17) is 0 Å². The zero-order valence-electron chi connectivity index (χ0n) is 18.4. The van der Waals surface area contributed by atoms with Gasteiger partial charge in [-0.2, -0.15) is 0 Å². The van der Waals surface area contributed by atoms with Crippen molar-refractivity contribution in [1.29, 1.82) is 0 Å². The van der Waals surface area contributed by atoms with E-state index in [9.17, 15) is 19.7 Å². The van der Waals surface area contributed by atoms with Crippen molar-refractivity contribution in [3.8, 4) is 0 Å². The zero-order valence-corrected chi connectivity index (χ0v) is 18.4. The highest BCUT2D eigenvalue weighted by molar-refractivity contribution is 5.96. The maximum Gasteiger partial charge on any atom is 0.293 e. The van der Waals surface area contributed by atoms with Gasteiger partial charge in [0.1, 0.15) is 5.69 Å². The summed E-state index contributed by atoms with van der Waals surface area (Å²) in [6, 6.07) is 9.69. The van der Waals surface area contributed by atoms with Crippen LogP contribution in [-0.2, 0) is 4.79 Å². The maximum absolute atomic E-state index is 13.1. The van der Waals surface area contributed by atoms with Crippen molar-refractivity contribution in [3.05, 3.63) is 64.0 Å². The van der Waals surface area contributed by atoms with Gasteiger partial charge in [0.25, 0.3) is 11.6 Å². The van der Waals surface area contributed by atoms with Crippen molar-refractivity contribution >= 4 is 23.2 Å². The van der Waals surface area contributed by atoms with Gasteiger partial charge < -0.3 is 15.5 Å². The number of nitro benzene ring substituents is 1. The number of carbonyl (C=O) groups excluding carboxylic acids is 2. The van der Waals surface area contributed by atoms with E-state index >= 15 is 0 Å². The number of hydrogen-bond acceptors (Lipinski definition) is 6. The standard InChI is InChI=1S/C23H29N5O4/c1-3-11-25-22(29)18-7-6-13-27(15-18)23(30)17-9-10-20(21(14-17)28(31)32)26-16(2)19-8-4-5-12-24-19/h4-5,8-10,12,14,16,18,26H,3,6-7,11,13,15H2,1-2H3,(H,25,29). The third-order valence-corrected chi connectivity index (χ3v) is 5.57. The average Bonchev–Trinajstić information content (AvgIpc) is 2.82. The van der Waals surface area contributed by atoms with Crippen LogP contribution in [0.15, 0.2) is 42.6 Å². The molecule has 9 heteroatoms. The van der Waals surface area contributed by atoms with Gasteiger partial charge in [-0.25, -0.2) is 0 Å². The van der Waals surface area contributed by atoms with E-state index in [0.29, 0.717) is 25.3 Å². The molecule has 32 heavy (non-hydrogen) atoms. The molecule has 0 aliphatic carbocycles. The highest BCUT2D eigenvalue weighted by Gasteiger charge is 2.30. The molecule has 2 aromatic rings.